The zero-order chi connectivity index (χ0) is 36.3. The van der Waals surface area contributed by atoms with Gasteiger partial charge in [-0.1, -0.05) is 122 Å². The molecule has 4 rings (SSSR count). The van der Waals surface area contributed by atoms with Gasteiger partial charge in [0.25, 0.3) is 0 Å². The maximum atomic E-state index is 12.3. The number of rotatable bonds is 9. The van der Waals surface area contributed by atoms with Crippen LogP contribution in [0.3, 0.4) is 0 Å². The number of carbonyl (C=O) groups is 1. The Balaban J connectivity index is 0. The van der Waals surface area contributed by atoms with Crippen LogP contribution in [-0.2, 0) is 17.6 Å². The van der Waals surface area contributed by atoms with Gasteiger partial charge in [-0.15, -0.1) is 0 Å². The summed E-state index contributed by atoms with van der Waals surface area (Å²) in [6.45, 7) is 21.7. The summed E-state index contributed by atoms with van der Waals surface area (Å²) in [4.78, 5) is 21.8. The van der Waals surface area contributed by atoms with Crippen LogP contribution in [0.4, 0.5) is 5.69 Å². The van der Waals surface area contributed by atoms with Gasteiger partial charge in [0.15, 0.2) is 5.78 Å². The summed E-state index contributed by atoms with van der Waals surface area (Å²) in [5.41, 5.74) is 5.16. The van der Waals surface area contributed by atoms with Crippen molar-refractivity contribution in [2.75, 3.05) is 0 Å². The van der Waals surface area contributed by atoms with E-state index in [4.69, 9.17) is 9.98 Å². The first-order valence-electron chi connectivity index (χ1n) is 19.4. The number of benzene rings is 1. The lowest BCUT2D eigenvalue weighted by Crippen LogP contribution is -2.14. The fourth-order valence-corrected chi connectivity index (χ4v) is 5.65. The van der Waals surface area contributed by atoms with Crippen molar-refractivity contribution in [1.29, 1.82) is 0 Å². The van der Waals surface area contributed by atoms with E-state index in [9.17, 15) is 9.90 Å². The Labute approximate surface area is 318 Å². The van der Waals surface area contributed by atoms with Crippen LogP contribution in [0, 0.1) is 24.7 Å². The van der Waals surface area contributed by atoms with E-state index in [-0.39, 0.29) is 25.4 Å². The normalized spacial score (nSPS) is 18.2. The van der Waals surface area contributed by atoms with E-state index < -0.39 is 0 Å². The molecule has 2 aromatic rings. The molecular formula is C43H75BrN2O2S. The number of aryl methyl sites for hydroxylation is 3. The zero-order valence-corrected chi connectivity index (χ0v) is 35.8. The van der Waals surface area contributed by atoms with Crippen LogP contribution in [0.5, 0.6) is 0 Å². The molecule has 0 radical (unpaired) electrons. The van der Waals surface area contributed by atoms with Crippen LogP contribution in [0.2, 0.25) is 0 Å². The number of aliphatic imine (C=N–C) groups is 1. The van der Waals surface area contributed by atoms with Crippen molar-refractivity contribution in [1.82, 2.24) is 4.98 Å². The highest BCUT2D eigenvalue weighted by Crippen LogP contribution is 2.28. The van der Waals surface area contributed by atoms with Crippen molar-refractivity contribution in [3.8, 4) is 0 Å². The predicted molar refractivity (Wildman–Crippen MR) is 225 cm³/mol. The maximum absolute atomic E-state index is 12.3. The second-order valence-electron chi connectivity index (χ2n) is 14.4. The largest absolute Gasteiger partial charge is 0.393 e. The van der Waals surface area contributed by atoms with Crippen molar-refractivity contribution in [2.24, 2.45) is 22.7 Å². The van der Waals surface area contributed by atoms with Crippen molar-refractivity contribution < 1.29 is 9.90 Å². The minimum absolute atomic E-state index is 0. The molecule has 1 N–H and O–H groups in total. The number of hydrogen-bond donors (Lipinski definition) is 1. The molecule has 1 heterocycles. The molecule has 2 unspecified atom stereocenters. The summed E-state index contributed by atoms with van der Waals surface area (Å²) >= 11 is 3.31. The molecule has 0 amide bonds. The van der Waals surface area contributed by atoms with Gasteiger partial charge < -0.3 is 5.11 Å². The van der Waals surface area contributed by atoms with Gasteiger partial charge in [0.2, 0.25) is 0 Å². The minimum atomic E-state index is -0.00704. The molecule has 2 aliphatic rings. The third-order valence-corrected chi connectivity index (χ3v) is 9.14. The van der Waals surface area contributed by atoms with E-state index in [0.29, 0.717) is 6.42 Å². The number of halogens is 1. The highest BCUT2D eigenvalue weighted by Gasteiger charge is 2.19. The maximum Gasteiger partial charge on any atom is 0.177 e. The number of fused-ring (bicyclic) bond motifs is 1. The molecule has 1 aromatic carbocycles. The molecule has 0 spiro atoms. The monoisotopic (exact) mass is 762 g/mol. The number of hydrogen-bond acceptors (Lipinski definition) is 4. The van der Waals surface area contributed by atoms with E-state index in [1.807, 2.05) is 44.2 Å². The van der Waals surface area contributed by atoms with Crippen molar-refractivity contribution in [3.63, 3.8) is 0 Å². The minimum Gasteiger partial charge on any atom is -0.393 e. The summed E-state index contributed by atoms with van der Waals surface area (Å²) in [5, 5.41) is 9.32. The van der Waals surface area contributed by atoms with Crippen LogP contribution in [-0.4, -0.2) is 27.7 Å². The number of unbranched alkanes of at least 4 members (excludes halogenated alkanes) is 3. The molecule has 4 nitrogen and oxygen atoms in total. The van der Waals surface area contributed by atoms with E-state index in [0.717, 1.165) is 90.7 Å². The molecule has 2 aliphatic carbocycles. The van der Waals surface area contributed by atoms with E-state index in [1.165, 1.54) is 56.2 Å². The van der Waals surface area contributed by atoms with Gasteiger partial charge >= 0.3 is 0 Å². The average Bonchev–Trinajstić information content (AvgIpc) is 3.20. The molecule has 6 heteroatoms. The Hall–Kier alpha value is -1.50. The standard InChI is InChI=1S/C19H28N2O.C9H18O.C6H5Br.C5H12.C4H10.H2S/c1-4-6-11-17(19(22)9-5-2)21-18-13-15-10-7-8-12-16(15)20-14(18)3;1-7-3-5-9(10)6-4-8(7)2;7-6-4-2-1-3-5-6;1-3-5-4-2;1-4(2)3;/h13H,4-12H2,1-3H3;7-10H,3-6H2,1-2H3;1-5H;3-5H2,1-2H3;4H,1-3H3;1H2. The lowest BCUT2D eigenvalue weighted by atomic mass is 9.92. The van der Waals surface area contributed by atoms with Crippen LogP contribution in [0.25, 0.3) is 0 Å². The Kier molecular flexibility index (Phi) is 31.6. The molecule has 1 aromatic heterocycles. The summed E-state index contributed by atoms with van der Waals surface area (Å²) < 4.78 is 1.13. The zero-order valence-electron chi connectivity index (χ0n) is 33.2. The van der Waals surface area contributed by atoms with Crippen molar-refractivity contribution >= 4 is 46.6 Å². The number of nitrogens with zero attached hydrogens (tertiary/aromatic N) is 2. The summed E-state index contributed by atoms with van der Waals surface area (Å²) in [7, 11) is 0. The lowest BCUT2D eigenvalue weighted by Gasteiger charge is -2.16. The highest BCUT2D eigenvalue weighted by atomic mass is 79.9. The topological polar surface area (TPSA) is 62.6 Å². The number of aliphatic hydroxyl groups excluding tert-OH is 1. The van der Waals surface area contributed by atoms with E-state index in [1.54, 1.807) is 0 Å². The van der Waals surface area contributed by atoms with Crippen LogP contribution in [0.15, 0.2) is 45.9 Å². The Bertz CT molecular complexity index is 1110. The predicted octanol–water partition coefficient (Wildman–Crippen LogP) is 13.5. The first-order valence-corrected chi connectivity index (χ1v) is 20.2. The van der Waals surface area contributed by atoms with Crippen molar-refractivity contribution in [2.45, 2.75) is 178 Å². The van der Waals surface area contributed by atoms with Gasteiger partial charge in [-0.3, -0.25) is 9.78 Å². The van der Waals surface area contributed by atoms with Gasteiger partial charge in [-0.2, -0.15) is 13.5 Å². The Morgan fingerprint density at radius 1 is 0.857 bits per heavy atom. The average molecular weight is 764 g/mol. The molecule has 0 bridgehead atoms. The van der Waals surface area contributed by atoms with Gasteiger partial charge in [0.05, 0.1) is 23.2 Å². The molecule has 0 aliphatic heterocycles. The summed E-state index contributed by atoms with van der Waals surface area (Å²) in [6, 6.07) is 12.1. The van der Waals surface area contributed by atoms with Gasteiger partial charge in [-0.25, -0.2) is 4.99 Å². The van der Waals surface area contributed by atoms with Crippen LogP contribution in [0.1, 0.15) is 169 Å². The molecular weight excluding hydrogens is 688 g/mol. The SMILES string of the molecule is Brc1ccccc1.CC(C)C.CC1CCC(O)CCC1C.CCCCC.CCCCC(=Nc1cc2c(nc1C)CCCC2)C(=O)CCC.S. The van der Waals surface area contributed by atoms with Crippen LogP contribution >= 0.6 is 29.4 Å². The fourth-order valence-electron chi connectivity index (χ4n) is 5.35. The summed E-state index contributed by atoms with van der Waals surface area (Å²) in [5.74, 6) is 2.67. The van der Waals surface area contributed by atoms with Gasteiger partial charge in [0, 0.05) is 16.6 Å². The Morgan fingerprint density at radius 3 is 1.84 bits per heavy atom. The number of aliphatic hydroxyl groups is 1. The van der Waals surface area contributed by atoms with Crippen molar-refractivity contribution in [3.05, 3.63) is 57.8 Å². The van der Waals surface area contributed by atoms with Gasteiger partial charge in [-0.05, 0) is 119 Å². The molecule has 0 saturated heterocycles. The number of carbonyl (C=O) groups excluding carboxylic acids is 1. The number of pyridine rings is 1. The number of aromatic nitrogens is 1. The third kappa shape index (κ3) is 25.2. The first-order chi connectivity index (χ1) is 22.9. The van der Waals surface area contributed by atoms with Crippen LogP contribution < -0.4 is 0 Å². The second kappa shape index (κ2) is 31.3. The molecule has 2 atom stereocenters. The Morgan fingerprint density at radius 2 is 1.39 bits per heavy atom. The molecule has 1 fully saturated rings. The molecule has 49 heavy (non-hydrogen) atoms. The quantitative estimate of drug-likeness (QED) is 0.204. The van der Waals surface area contributed by atoms with E-state index >= 15 is 0 Å². The smallest absolute Gasteiger partial charge is 0.177 e. The number of Topliss-reactive ketones (excluding diaryl/α,β-unsaturated/α-hetero) is 1. The van der Waals surface area contributed by atoms with E-state index in [2.05, 4.69) is 77.4 Å². The lowest BCUT2D eigenvalue weighted by molar-refractivity contribution is -0.113. The molecule has 1 saturated carbocycles. The second-order valence-corrected chi connectivity index (χ2v) is 15.3. The fraction of sp³-hybridized carbons (Fsp3) is 0.698. The highest BCUT2D eigenvalue weighted by molar-refractivity contribution is 9.10. The first kappa shape index (κ1) is 49.6. The number of ketones is 1. The summed E-state index contributed by atoms with van der Waals surface area (Å²) in [6.07, 6.45) is 17.5. The van der Waals surface area contributed by atoms with Gasteiger partial charge in [0.1, 0.15) is 0 Å². The third-order valence-electron chi connectivity index (χ3n) is 8.61. The molecule has 282 valence electrons.